The maximum Gasteiger partial charge on any atom is 0.337 e. The predicted molar refractivity (Wildman–Crippen MR) is 85.3 cm³/mol. The number of carboxylic acid groups (broad SMARTS) is 2. The van der Waals surface area contributed by atoms with Crippen LogP contribution in [-0.4, -0.2) is 48.4 Å². The Kier molecular flexibility index (Phi) is 6.26. The summed E-state index contributed by atoms with van der Waals surface area (Å²) in [5, 5.41) is 18.2. The number of rotatable bonds is 7. The number of hydrogen-bond donors (Lipinski definition) is 2. The molecular formula is C14H19N3O9. The van der Waals surface area contributed by atoms with E-state index in [1.54, 1.807) is 0 Å². The summed E-state index contributed by atoms with van der Waals surface area (Å²) < 4.78 is 5.45. The fourth-order valence-electron chi connectivity index (χ4n) is 2.18. The van der Waals surface area contributed by atoms with Gasteiger partial charge < -0.3 is 14.9 Å². The summed E-state index contributed by atoms with van der Waals surface area (Å²) in [6.45, 7) is 4.58. The summed E-state index contributed by atoms with van der Waals surface area (Å²) in [4.78, 5) is 71.9. The lowest BCUT2D eigenvalue weighted by atomic mass is 10.3. The number of carbonyl (C=O) groups is 3. The van der Waals surface area contributed by atoms with E-state index < -0.39 is 53.1 Å². The lowest BCUT2D eigenvalue weighted by Crippen LogP contribution is -2.58. The van der Waals surface area contributed by atoms with E-state index in [1.165, 1.54) is 6.92 Å². The fourth-order valence-corrected chi connectivity index (χ4v) is 2.18. The van der Waals surface area contributed by atoms with Crippen molar-refractivity contribution in [3.63, 3.8) is 0 Å². The molecule has 0 saturated heterocycles. The molecule has 0 radical (unpaired) electrons. The van der Waals surface area contributed by atoms with Crippen LogP contribution in [-0.2, 0) is 19.1 Å². The highest BCUT2D eigenvalue weighted by Crippen LogP contribution is 2.06. The van der Waals surface area contributed by atoms with Gasteiger partial charge in [0.25, 0.3) is 0 Å². The van der Waals surface area contributed by atoms with Crippen molar-refractivity contribution in [2.75, 3.05) is 6.61 Å². The molecule has 3 atom stereocenters. The minimum absolute atomic E-state index is 0.0528. The predicted octanol–water partition coefficient (Wildman–Crippen LogP) is -1.41. The Morgan fingerprint density at radius 3 is 1.38 bits per heavy atom. The smallest absolute Gasteiger partial charge is 0.337 e. The Balaban J connectivity index is 3.97. The summed E-state index contributed by atoms with van der Waals surface area (Å²) in [5.41, 5.74) is -4.12. The molecule has 26 heavy (non-hydrogen) atoms. The maximum absolute atomic E-state index is 12.5. The molecule has 144 valence electrons. The minimum Gasteiger partial charge on any atom is -0.480 e. The fraction of sp³-hybridized carbons (Fsp3) is 0.571. The second-order valence-corrected chi connectivity index (χ2v) is 5.41. The third kappa shape index (κ3) is 3.58. The number of carbonyl (C=O) groups excluding carboxylic acids is 1. The van der Waals surface area contributed by atoms with Crippen molar-refractivity contribution in [1.82, 2.24) is 13.7 Å². The van der Waals surface area contributed by atoms with Gasteiger partial charge in [0.15, 0.2) is 0 Å². The number of esters is 1. The van der Waals surface area contributed by atoms with Crippen LogP contribution in [0.2, 0.25) is 0 Å². The second kappa shape index (κ2) is 7.80. The molecule has 0 aliphatic rings. The largest absolute Gasteiger partial charge is 0.480 e. The van der Waals surface area contributed by atoms with Gasteiger partial charge >= 0.3 is 35.0 Å². The van der Waals surface area contributed by atoms with Gasteiger partial charge in [-0.05, 0) is 27.7 Å². The highest BCUT2D eigenvalue weighted by atomic mass is 16.5. The van der Waals surface area contributed by atoms with Crippen LogP contribution in [0.1, 0.15) is 45.8 Å². The molecule has 0 aliphatic heterocycles. The van der Waals surface area contributed by atoms with Gasteiger partial charge in [0.05, 0.1) is 6.61 Å². The van der Waals surface area contributed by atoms with Gasteiger partial charge in [-0.1, -0.05) is 0 Å². The first kappa shape index (κ1) is 20.9. The Morgan fingerprint density at radius 2 is 1.12 bits per heavy atom. The zero-order valence-corrected chi connectivity index (χ0v) is 14.5. The molecule has 0 aliphatic carbocycles. The van der Waals surface area contributed by atoms with Crippen molar-refractivity contribution in [2.24, 2.45) is 0 Å². The van der Waals surface area contributed by atoms with E-state index in [1.807, 2.05) is 0 Å². The van der Waals surface area contributed by atoms with E-state index in [2.05, 4.69) is 0 Å². The number of aromatic nitrogens is 3. The topological polar surface area (TPSA) is 167 Å². The van der Waals surface area contributed by atoms with E-state index in [0.29, 0.717) is 4.57 Å². The van der Waals surface area contributed by atoms with E-state index in [-0.39, 0.29) is 15.7 Å². The Hall–Kier alpha value is -3.18. The second-order valence-electron chi connectivity index (χ2n) is 5.41. The van der Waals surface area contributed by atoms with Crippen LogP contribution in [0.25, 0.3) is 0 Å². The molecule has 0 saturated carbocycles. The number of ether oxygens (including phenoxy) is 1. The van der Waals surface area contributed by atoms with Gasteiger partial charge in [-0.3, -0.25) is 0 Å². The zero-order chi connectivity index (χ0) is 20.3. The molecule has 2 N–H and O–H groups in total. The lowest BCUT2D eigenvalue weighted by molar-refractivity contribution is -0.146. The molecule has 1 rings (SSSR count). The summed E-state index contributed by atoms with van der Waals surface area (Å²) in [6, 6.07) is -4.91. The summed E-state index contributed by atoms with van der Waals surface area (Å²) in [5.74, 6) is -4.10. The quantitative estimate of drug-likeness (QED) is 0.545. The number of carboxylic acids is 2. The van der Waals surface area contributed by atoms with Gasteiger partial charge in [-0.2, -0.15) is 0 Å². The Bertz CT molecular complexity index is 849. The van der Waals surface area contributed by atoms with E-state index in [4.69, 9.17) is 14.9 Å². The van der Waals surface area contributed by atoms with E-state index in [0.717, 1.165) is 20.8 Å². The zero-order valence-electron chi connectivity index (χ0n) is 14.5. The SMILES string of the molecule is CCOC(=O)C(C)n1c(=O)n(C(C)C(=O)O)c(=O)n(C(C)C(=O)O)c1=O. The molecule has 0 amide bonds. The average Bonchev–Trinajstić information content (AvgIpc) is 2.54. The van der Waals surface area contributed by atoms with Crippen molar-refractivity contribution in [3.05, 3.63) is 31.5 Å². The van der Waals surface area contributed by atoms with Gasteiger partial charge in [0.1, 0.15) is 18.1 Å². The molecule has 0 fully saturated rings. The van der Waals surface area contributed by atoms with Crippen LogP contribution in [0.4, 0.5) is 0 Å². The van der Waals surface area contributed by atoms with Crippen molar-refractivity contribution in [3.8, 4) is 0 Å². The summed E-state index contributed by atoms with van der Waals surface area (Å²) >= 11 is 0. The molecule has 12 heteroatoms. The van der Waals surface area contributed by atoms with Crippen LogP contribution in [0.5, 0.6) is 0 Å². The van der Waals surface area contributed by atoms with Gasteiger partial charge in [0, 0.05) is 0 Å². The first-order chi connectivity index (χ1) is 12.0. The Labute approximate surface area is 145 Å². The first-order valence-electron chi connectivity index (χ1n) is 7.59. The standard InChI is InChI=1S/C14H19N3O9/c1-5-26-11(22)8(4)17-13(24)15(6(2)9(18)19)12(23)16(14(17)25)7(3)10(20)21/h6-8H,5H2,1-4H3,(H,18,19)(H,20,21). The van der Waals surface area contributed by atoms with Crippen molar-refractivity contribution in [1.29, 1.82) is 0 Å². The number of aliphatic carboxylic acids is 2. The van der Waals surface area contributed by atoms with Crippen LogP contribution in [0.3, 0.4) is 0 Å². The first-order valence-corrected chi connectivity index (χ1v) is 7.59. The molecule has 1 heterocycles. The molecule has 0 aromatic carbocycles. The van der Waals surface area contributed by atoms with Crippen LogP contribution in [0, 0.1) is 0 Å². The summed E-state index contributed by atoms with van der Waals surface area (Å²) in [6.07, 6.45) is 0. The van der Waals surface area contributed by atoms with E-state index in [9.17, 15) is 28.8 Å². The molecule has 12 nitrogen and oxygen atoms in total. The molecule has 1 aromatic rings. The minimum atomic E-state index is -1.71. The monoisotopic (exact) mass is 373 g/mol. The highest BCUT2D eigenvalue weighted by molar-refractivity contribution is 5.74. The third-order valence-electron chi connectivity index (χ3n) is 3.74. The van der Waals surface area contributed by atoms with Crippen molar-refractivity contribution < 1.29 is 29.3 Å². The van der Waals surface area contributed by atoms with E-state index >= 15 is 0 Å². The number of hydrogen-bond acceptors (Lipinski definition) is 7. The molecular weight excluding hydrogens is 354 g/mol. The van der Waals surface area contributed by atoms with Crippen LogP contribution >= 0.6 is 0 Å². The molecule has 3 unspecified atom stereocenters. The normalized spacial score (nSPS) is 14.3. The summed E-state index contributed by atoms with van der Waals surface area (Å²) in [7, 11) is 0. The van der Waals surface area contributed by atoms with Crippen molar-refractivity contribution in [2.45, 2.75) is 45.8 Å². The lowest BCUT2D eigenvalue weighted by Gasteiger charge is -2.20. The van der Waals surface area contributed by atoms with Gasteiger partial charge in [-0.25, -0.2) is 42.5 Å². The van der Waals surface area contributed by atoms with Gasteiger partial charge in [-0.15, -0.1) is 0 Å². The van der Waals surface area contributed by atoms with Crippen molar-refractivity contribution >= 4 is 17.9 Å². The molecule has 1 aromatic heterocycles. The maximum atomic E-state index is 12.5. The Morgan fingerprint density at radius 1 is 0.808 bits per heavy atom. The number of nitrogens with zero attached hydrogens (tertiary/aromatic N) is 3. The van der Waals surface area contributed by atoms with Gasteiger partial charge in [0.2, 0.25) is 0 Å². The van der Waals surface area contributed by atoms with Crippen LogP contribution in [0.15, 0.2) is 14.4 Å². The van der Waals surface area contributed by atoms with Crippen LogP contribution < -0.4 is 17.1 Å². The molecule has 0 spiro atoms. The molecule has 0 bridgehead atoms. The highest BCUT2D eigenvalue weighted by Gasteiger charge is 2.31. The third-order valence-corrected chi connectivity index (χ3v) is 3.74. The average molecular weight is 373 g/mol.